The molecule has 19 heavy (non-hydrogen) atoms. The summed E-state index contributed by atoms with van der Waals surface area (Å²) in [5, 5.41) is 3.68. The molecular weight excluding hydrogens is 236 g/mol. The van der Waals surface area contributed by atoms with Crippen LogP contribution < -0.4 is 11.1 Å². The van der Waals surface area contributed by atoms with E-state index in [1.165, 1.54) is 12.0 Å². The van der Waals surface area contributed by atoms with Crippen molar-refractivity contribution < 1.29 is 4.74 Å². The zero-order chi connectivity index (χ0) is 13.6. The Morgan fingerprint density at radius 1 is 1.37 bits per heavy atom. The summed E-state index contributed by atoms with van der Waals surface area (Å²) in [6.45, 7) is 4.60. The van der Waals surface area contributed by atoms with E-state index in [4.69, 9.17) is 10.5 Å². The molecule has 0 bridgehead atoms. The lowest BCUT2D eigenvalue weighted by Gasteiger charge is -2.41. The lowest BCUT2D eigenvalue weighted by molar-refractivity contribution is -0.0311. The Balaban J connectivity index is 1.94. The molecule has 0 spiro atoms. The van der Waals surface area contributed by atoms with Gasteiger partial charge in [-0.05, 0) is 24.8 Å². The molecule has 0 aliphatic carbocycles. The van der Waals surface area contributed by atoms with E-state index in [9.17, 15) is 0 Å². The first-order valence-corrected chi connectivity index (χ1v) is 7.38. The highest BCUT2D eigenvalue weighted by molar-refractivity contribution is 5.15. The Labute approximate surface area is 116 Å². The van der Waals surface area contributed by atoms with Gasteiger partial charge in [-0.3, -0.25) is 0 Å². The van der Waals surface area contributed by atoms with Gasteiger partial charge in [0.2, 0.25) is 0 Å². The summed E-state index contributed by atoms with van der Waals surface area (Å²) in [5.74, 6) is 0. The van der Waals surface area contributed by atoms with Crippen molar-refractivity contribution in [2.24, 2.45) is 5.73 Å². The van der Waals surface area contributed by atoms with Crippen LogP contribution in [0, 0.1) is 0 Å². The quantitative estimate of drug-likeness (QED) is 0.828. The first-order valence-electron chi connectivity index (χ1n) is 7.38. The number of hydrogen-bond acceptors (Lipinski definition) is 3. The molecule has 1 heterocycles. The Morgan fingerprint density at radius 3 is 2.84 bits per heavy atom. The largest absolute Gasteiger partial charge is 0.378 e. The fourth-order valence-electron chi connectivity index (χ4n) is 2.83. The summed E-state index contributed by atoms with van der Waals surface area (Å²) in [6, 6.07) is 10.5. The van der Waals surface area contributed by atoms with Gasteiger partial charge in [-0.15, -0.1) is 0 Å². The molecule has 1 aromatic rings. The van der Waals surface area contributed by atoms with E-state index in [1.807, 2.05) is 6.07 Å². The van der Waals surface area contributed by atoms with E-state index in [0.717, 1.165) is 32.4 Å². The van der Waals surface area contributed by atoms with E-state index in [1.54, 1.807) is 0 Å². The zero-order valence-corrected chi connectivity index (χ0v) is 11.9. The highest BCUT2D eigenvalue weighted by Crippen LogP contribution is 2.26. The molecule has 3 nitrogen and oxygen atoms in total. The minimum Gasteiger partial charge on any atom is -0.378 e. The van der Waals surface area contributed by atoms with Gasteiger partial charge in [0.25, 0.3) is 0 Å². The molecule has 1 saturated heterocycles. The van der Waals surface area contributed by atoms with E-state index in [-0.39, 0.29) is 5.54 Å². The number of hydrogen-bond donors (Lipinski definition) is 2. The third-order valence-corrected chi connectivity index (χ3v) is 4.06. The van der Waals surface area contributed by atoms with Crippen LogP contribution in [0.4, 0.5) is 0 Å². The van der Waals surface area contributed by atoms with Crippen LogP contribution in [0.25, 0.3) is 0 Å². The Hall–Kier alpha value is -0.900. The van der Waals surface area contributed by atoms with Gasteiger partial charge in [-0.25, -0.2) is 0 Å². The molecule has 0 radical (unpaired) electrons. The molecular formula is C16H26N2O. The molecule has 2 rings (SSSR count). The molecule has 0 amide bonds. The van der Waals surface area contributed by atoms with Crippen molar-refractivity contribution in [2.45, 2.75) is 50.8 Å². The summed E-state index contributed by atoms with van der Waals surface area (Å²) >= 11 is 0. The highest BCUT2D eigenvalue weighted by Gasteiger charge is 2.35. The van der Waals surface area contributed by atoms with E-state index in [0.29, 0.717) is 12.6 Å². The average Bonchev–Trinajstić information content (AvgIpc) is 2.47. The van der Waals surface area contributed by atoms with Crippen molar-refractivity contribution in [2.75, 3.05) is 13.2 Å². The van der Waals surface area contributed by atoms with E-state index >= 15 is 0 Å². The number of nitrogens with one attached hydrogen (secondary N) is 1. The van der Waals surface area contributed by atoms with Crippen molar-refractivity contribution in [3.63, 3.8) is 0 Å². The summed E-state index contributed by atoms with van der Waals surface area (Å²) in [5.41, 5.74) is 7.41. The van der Waals surface area contributed by atoms with Gasteiger partial charge in [0.05, 0.1) is 6.10 Å². The van der Waals surface area contributed by atoms with Crippen LogP contribution in [0.1, 0.15) is 38.2 Å². The van der Waals surface area contributed by atoms with Gasteiger partial charge in [0, 0.05) is 25.2 Å². The summed E-state index contributed by atoms with van der Waals surface area (Å²) in [7, 11) is 0. The third-order valence-electron chi connectivity index (χ3n) is 4.06. The van der Waals surface area contributed by atoms with Crippen LogP contribution in [0.15, 0.2) is 30.3 Å². The van der Waals surface area contributed by atoms with Gasteiger partial charge in [-0.1, -0.05) is 43.7 Å². The predicted octanol–water partition coefficient (Wildman–Crippen LogP) is 2.45. The summed E-state index contributed by atoms with van der Waals surface area (Å²) in [4.78, 5) is 0. The van der Waals surface area contributed by atoms with Gasteiger partial charge < -0.3 is 15.8 Å². The smallest absolute Gasteiger partial charge is 0.0593 e. The van der Waals surface area contributed by atoms with Crippen LogP contribution in [-0.2, 0) is 11.3 Å². The Bertz CT molecular complexity index is 366. The lowest BCUT2D eigenvalue weighted by atomic mass is 9.85. The van der Waals surface area contributed by atoms with Gasteiger partial charge in [0.15, 0.2) is 0 Å². The van der Waals surface area contributed by atoms with Crippen molar-refractivity contribution in [3.05, 3.63) is 35.9 Å². The molecule has 3 heteroatoms. The number of benzene rings is 1. The van der Waals surface area contributed by atoms with Gasteiger partial charge in [0.1, 0.15) is 0 Å². The van der Waals surface area contributed by atoms with Crippen LogP contribution in [0.3, 0.4) is 0 Å². The Kier molecular flexibility index (Phi) is 5.37. The normalized spacial score (nSPS) is 27.4. The maximum absolute atomic E-state index is 6.04. The molecule has 1 aromatic carbocycles. The zero-order valence-electron chi connectivity index (χ0n) is 11.9. The van der Waals surface area contributed by atoms with Crippen LogP contribution >= 0.6 is 0 Å². The molecule has 0 saturated carbocycles. The maximum atomic E-state index is 6.04. The van der Waals surface area contributed by atoms with Gasteiger partial charge >= 0.3 is 0 Å². The molecule has 0 aromatic heterocycles. The Morgan fingerprint density at radius 2 is 2.16 bits per heavy atom. The maximum Gasteiger partial charge on any atom is 0.0593 e. The molecule has 2 unspecified atom stereocenters. The number of rotatable bonds is 6. The monoisotopic (exact) mass is 262 g/mol. The lowest BCUT2D eigenvalue weighted by Crippen LogP contribution is -2.56. The fourth-order valence-corrected chi connectivity index (χ4v) is 2.83. The summed E-state index contributed by atoms with van der Waals surface area (Å²) < 4.78 is 5.83. The molecule has 1 aliphatic rings. The standard InChI is InChI=1S/C16H26N2O/c1-2-6-15-11-16(13-17,9-10-19-15)18-12-14-7-4-3-5-8-14/h3-5,7-8,15,18H,2,6,9-13,17H2,1H3. The van der Waals surface area contributed by atoms with Crippen molar-refractivity contribution in [1.82, 2.24) is 5.32 Å². The van der Waals surface area contributed by atoms with E-state index in [2.05, 4.69) is 36.5 Å². The number of ether oxygens (including phenoxy) is 1. The summed E-state index contributed by atoms with van der Waals surface area (Å²) in [6.07, 6.45) is 4.71. The van der Waals surface area contributed by atoms with Crippen molar-refractivity contribution in [3.8, 4) is 0 Å². The minimum absolute atomic E-state index is 0.0495. The molecule has 1 fully saturated rings. The third kappa shape index (κ3) is 4.03. The second-order valence-corrected chi connectivity index (χ2v) is 5.56. The predicted molar refractivity (Wildman–Crippen MR) is 78.9 cm³/mol. The molecule has 106 valence electrons. The fraction of sp³-hybridized carbons (Fsp3) is 0.625. The van der Waals surface area contributed by atoms with Crippen LogP contribution in [-0.4, -0.2) is 24.8 Å². The highest BCUT2D eigenvalue weighted by atomic mass is 16.5. The molecule has 3 N–H and O–H groups in total. The van der Waals surface area contributed by atoms with E-state index < -0.39 is 0 Å². The molecule has 2 atom stereocenters. The first-order chi connectivity index (χ1) is 9.28. The molecule has 1 aliphatic heterocycles. The minimum atomic E-state index is 0.0495. The van der Waals surface area contributed by atoms with Crippen molar-refractivity contribution >= 4 is 0 Å². The van der Waals surface area contributed by atoms with Crippen LogP contribution in [0.5, 0.6) is 0 Å². The SMILES string of the molecule is CCCC1CC(CN)(NCc2ccccc2)CCO1. The second kappa shape index (κ2) is 7.04. The first kappa shape index (κ1) is 14.5. The van der Waals surface area contributed by atoms with Crippen molar-refractivity contribution in [1.29, 1.82) is 0 Å². The second-order valence-electron chi connectivity index (χ2n) is 5.56. The average molecular weight is 262 g/mol. The van der Waals surface area contributed by atoms with Crippen LogP contribution in [0.2, 0.25) is 0 Å². The van der Waals surface area contributed by atoms with Gasteiger partial charge in [-0.2, -0.15) is 0 Å². The number of nitrogens with two attached hydrogens (primary N) is 1. The topological polar surface area (TPSA) is 47.3 Å².